The van der Waals surface area contributed by atoms with Gasteiger partial charge in [-0.2, -0.15) is 0 Å². The number of benzene rings is 2. The summed E-state index contributed by atoms with van der Waals surface area (Å²) in [6, 6.07) is 20.7. The molecule has 4 heteroatoms. The summed E-state index contributed by atoms with van der Waals surface area (Å²) in [5.41, 5.74) is 2.46. The Morgan fingerprint density at radius 1 is 0.880 bits per heavy atom. The van der Waals surface area contributed by atoms with Gasteiger partial charge in [0.15, 0.2) is 11.5 Å². The minimum Gasteiger partial charge on any atom is -0.493 e. The maximum atomic E-state index is 5.91. The maximum Gasteiger partial charge on any atom is 0.161 e. The maximum absolute atomic E-state index is 5.91. The molecule has 0 fully saturated rings. The van der Waals surface area contributed by atoms with E-state index in [1.54, 1.807) is 18.4 Å². The van der Waals surface area contributed by atoms with Gasteiger partial charge in [0.25, 0.3) is 0 Å². The molecule has 0 unspecified atom stereocenters. The molecule has 1 heterocycles. The van der Waals surface area contributed by atoms with Gasteiger partial charge in [0.1, 0.15) is 0 Å². The highest BCUT2D eigenvalue weighted by atomic mass is 32.1. The summed E-state index contributed by atoms with van der Waals surface area (Å²) in [5, 5.41) is 5.55. The van der Waals surface area contributed by atoms with E-state index in [2.05, 4.69) is 41.0 Å². The minimum absolute atomic E-state index is 0.635. The van der Waals surface area contributed by atoms with Crippen LogP contribution < -0.4 is 14.8 Å². The Kier molecular flexibility index (Phi) is 6.48. The molecule has 0 aliphatic heterocycles. The molecular weight excluding hydrogens is 330 g/mol. The molecule has 1 N–H and O–H groups in total. The average Bonchev–Trinajstić information content (AvgIpc) is 3.17. The highest BCUT2D eigenvalue weighted by molar-refractivity contribution is 7.09. The van der Waals surface area contributed by atoms with Crippen LogP contribution in [0.25, 0.3) is 0 Å². The van der Waals surface area contributed by atoms with Gasteiger partial charge in [-0.1, -0.05) is 42.5 Å². The van der Waals surface area contributed by atoms with Crippen LogP contribution in [0.2, 0.25) is 0 Å². The van der Waals surface area contributed by atoms with Crippen LogP contribution in [0.4, 0.5) is 0 Å². The lowest BCUT2D eigenvalue weighted by Gasteiger charge is -2.12. The lowest BCUT2D eigenvalue weighted by molar-refractivity contribution is 0.297. The van der Waals surface area contributed by atoms with E-state index in [4.69, 9.17) is 9.47 Å². The minimum atomic E-state index is 0.635. The summed E-state index contributed by atoms with van der Waals surface area (Å²) in [5.74, 6) is 1.57. The standard InChI is InChI=1S/C21H23NO2S/c1-23-21-14-18(15-22-16-19-8-5-13-25-19)9-10-20(21)24-12-11-17-6-3-2-4-7-17/h2-10,13-14,22H,11-12,15-16H2,1H3. The second-order valence-corrected chi connectivity index (χ2v) is 6.78. The van der Waals surface area contributed by atoms with Gasteiger partial charge in [0.2, 0.25) is 0 Å². The van der Waals surface area contributed by atoms with Crippen molar-refractivity contribution in [1.82, 2.24) is 5.32 Å². The van der Waals surface area contributed by atoms with E-state index >= 15 is 0 Å². The lowest BCUT2D eigenvalue weighted by Crippen LogP contribution is -2.12. The van der Waals surface area contributed by atoms with Crippen molar-refractivity contribution in [2.24, 2.45) is 0 Å². The molecule has 2 aromatic carbocycles. The van der Waals surface area contributed by atoms with Gasteiger partial charge in [-0.15, -0.1) is 11.3 Å². The molecule has 0 amide bonds. The Labute approximate surface area is 153 Å². The van der Waals surface area contributed by atoms with Crippen LogP contribution in [0.3, 0.4) is 0 Å². The molecule has 1 aromatic heterocycles. The highest BCUT2D eigenvalue weighted by Crippen LogP contribution is 2.28. The third-order valence-corrected chi connectivity index (χ3v) is 4.80. The van der Waals surface area contributed by atoms with Gasteiger partial charge in [0, 0.05) is 24.4 Å². The Morgan fingerprint density at radius 3 is 2.52 bits per heavy atom. The molecule has 0 aliphatic carbocycles. The third-order valence-electron chi connectivity index (χ3n) is 3.93. The van der Waals surface area contributed by atoms with Crippen molar-refractivity contribution in [2.75, 3.05) is 13.7 Å². The van der Waals surface area contributed by atoms with Crippen molar-refractivity contribution in [3.05, 3.63) is 82.0 Å². The topological polar surface area (TPSA) is 30.5 Å². The average molecular weight is 353 g/mol. The van der Waals surface area contributed by atoms with Gasteiger partial charge in [-0.05, 0) is 34.7 Å². The van der Waals surface area contributed by atoms with Crippen molar-refractivity contribution >= 4 is 11.3 Å². The molecular formula is C21H23NO2S. The van der Waals surface area contributed by atoms with Crippen LogP contribution in [0.1, 0.15) is 16.0 Å². The van der Waals surface area contributed by atoms with E-state index < -0.39 is 0 Å². The van der Waals surface area contributed by atoms with E-state index in [1.165, 1.54) is 16.0 Å². The van der Waals surface area contributed by atoms with Crippen molar-refractivity contribution < 1.29 is 9.47 Å². The van der Waals surface area contributed by atoms with Crippen LogP contribution in [0.5, 0.6) is 11.5 Å². The Bertz CT molecular complexity index is 757. The molecule has 3 nitrogen and oxygen atoms in total. The fourth-order valence-corrected chi connectivity index (χ4v) is 3.28. The molecule has 25 heavy (non-hydrogen) atoms. The van der Waals surface area contributed by atoms with Crippen LogP contribution in [0, 0.1) is 0 Å². The van der Waals surface area contributed by atoms with Crippen molar-refractivity contribution in [3.63, 3.8) is 0 Å². The summed E-state index contributed by atoms with van der Waals surface area (Å²) in [7, 11) is 1.68. The summed E-state index contributed by atoms with van der Waals surface area (Å²) in [6.45, 7) is 2.32. The highest BCUT2D eigenvalue weighted by Gasteiger charge is 2.06. The van der Waals surface area contributed by atoms with Gasteiger partial charge >= 0.3 is 0 Å². The zero-order valence-corrected chi connectivity index (χ0v) is 15.2. The smallest absolute Gasteiger partial charge is 0.161 e. The number of hydrogen-bond donors (Lipinski definition) is 1. The van der Waals surface area contributed by atoms with Gasteiger partial charge in [-0.25, -0.2) is 0 Å². The SMILES string of the molecule is COc1cc(CNCc2cccs2)ccc1OCCc1ccccc1. The lowest BCUT2D eigenvalue weighted by atomic mass is 10.1. The molecule has 3 aromatic rings. The second-order valence-electron chi connectivity index (χ2n) is 5.75. The van der Waals surface area contributed by atoms with E-state index in [0.717, 1.165) is 31.0 Å². The zero-order valence-electron chi connectivity index (χ0n) is 14.4. The normalized spacial score (nSPS) is 10.6. The number of methoxy groups -OCH3 is 1. The summed E-state index contributed by atoms with van der Waals surface area (Å²) >= 11 is 1.77. The molecule has 0 aliphatic rings. The fourth-order valence-electron chi connectivity index (χ4n) is 2.61. The number of nitrogens with one attached hydrogen (secondary N) is 1. The van der Waals surface area contributed by atoms with E-state index in [1.807, 2.05) is 30.3 Å². The van der Waals surface area contributed by atoms with Crippen molar-refractivity contribution in [1.29, 1.82) is 0 Å². The molecule has 130 valence electrons. The Hall–Kier alpha value is -2.30. The summed E-state index contributed by atoms with van der Waals surface area (Å²) < 4.78 is 11.4. The molecule has 0 atom stereocenters. The van der Waals surface area contributed by atoms with Crippen molar-refractivity contribution in [3.8, 4) is 11.5 Å². The number of thiophene rings is 1. The monoisotopic (exact) mass is 353 g/mol. The zero-order chi connectivity index (χ0) is 17.3. The first-order valence-corrected chi connectivity index (χ1v) is 9.30. The van der Waals surface area contributed by atoms with Crippen LogP contribution in [-0.2, 0) is 19.5 Å². The van der Waals surface area contributed by atoms with Crippen LogP contribution in [-0.4, -0.2) is 13.7 Å². The second kappa shape index (κ2) is 9.25. The predicted octanol–water partition coefficient (Wildman–Crippen LogP) is 4.67. The Balaban J connectivity index is 1.52. The molecule has 0 saturated carbocycles. The Morgan fingerprint density at radius 2 is 1.76 bits per heavy atom. The van der Waals surface area contributed by atoms with Crippen LogP contribution >= 0.6 is 11.3 Å². The van der Waals surface area contributed by atoms with E-state index in [-0.39, 0.29) is 0 Å². The first kappa shape index (κ1) is 17.5. The quantitative estimate of drug-likeness (QED) is 0.606. The predicted molar refractivity (Wildman–Crippen MR) is 103 cm³/mol. The first-order chi connectivity index (χ1) is 12.3. The fraction of sp³-hybridized carbons (Fsp3) is 0.238. The summed E-state index contributed by atoms with van der Waals surface area (Å²) in [4.78, 5) is 1.34. The van der Waals surface area contributed by atoms with E-state index in [0.29, 0.717) is 6.61 Å². The molecule has 0 radical (unpaired) electrons. The number of hydrogen-bond acceptors (Lipinski definition) is 4. The molecule has 0 saturated heterocycles. The van der Waals surface area contributed by atoms with Crippen molar-refractivity contribution in [2.45, 2.75) is 19.5 Å². The molecule has 0 spiro atoms. The number of rotatable bonds is 9. The van der Waals surface area contributed by atoms with E-state index in [9.17, 15) is 0 Å². The molecule has 0 bridgehead atoms. The summed E-state index contributed by atoms with van der Waals surface area (Å²) in [6.07, 6.45) is 0.883. The van der Waals surface area contributed by atoms with Gasteiger partial charge in [-0.3, -0.25) is 0 Å². The van der Waals surface area contributed by atoms with Gasteiger partial charge < -0.3 is 14.8 Å². The van der Waals surface area contributed by atoms with Gasteiger partial charge in [0.05, 0.1) is 13.7 Å². The number of ether oxygens (including phenoxy) is 2. The first-order valence-electron chi connectivity index (χ1n) is 8.42. The van der Waals surface area contributed by atoms with Crippen LogP contribution in [0.15, 0.2) is 66.0 Å². The molecule has 3 rings (SSSR count). The largest absolute Gasteiger partial charge is 0.493 e. The third kappa shape index (κ3) is 5.34.